The average molecular weight is 308 g/mol. The van der Waals surface area contributed by atoms with Gasteiger partial charge in [0.2, 0.25) is 0 Å². The number of nitrogens with one attached hydrogen (secondary N) is 1. The van der Waals surface area contributed by atoms with Gasteiger partial charge in [0.05, 0.1) is 0 Å². The minimum Gasteiger partial charge on any atom is -0.440 e. The molecule has 2 rings (SSSR count). The lowest BCUT2D eigenvalue weighted by atomic mass is 10.2. The maximum absolute atomic E-state index is 11.8. The molecular weight excluding hydrogens is 290 g/mol. The molecule has 0 unspecified atom stereocenters. The lowest BCUT2D eigenvalue weighted by molar-refractivity contribution is 0.0923. The van der Waals surface area contributed by atoms with Gasteiger partial charge in [-0.1, -0.05) is 6.07 Å². The summed E-state index contributed by atoms with van der Waals surface area (Å²) < 4.78 is 5.04. The van der Waals surface area contributed by atoms with Crippen LogP contribution in [0.15, 0.2) is 34.9 Å². The van der Waals surface area contributed by atoms with Gasteiger partial charge in [-0.2, -0.15) is 0 Å². The number of hydrogen-bond donors (Lipinski definition) is 1. The largest absolute Gasteiger partial charge is 0.440 e. The molecule has 0 bridgehead atoms. The smallest absolute Gasteiger partial charge is 0.287 e. The molecular formula is C15H18ClN3O2. The molecule has 0 radical (unpaired) electrons. The van der Waals surface area contributed by atoms with Gasteiger partial charge in [-0.05, 0) is 49.2 Å². The Bertz CT molecular complexity index is 591. The van der Waals surface area contributed by atoms with Crippen LogP contribution in [0.4, 0.5) is 5.82 Å². The Hall–Kier alpha value is -2.01. The maximum Gasteiger partial charge on any atom is 0.287 e. The summed E-state index contributed by atoms with van der Waals surface area (Å²) in [6, 6.07) is 6.99. The van der Waals surface area contributed by atoms with E-state index in [0.29, 0.717) is 6.54 Å². The molecule has 2 aromatic heterocycles. The summed E-state index contributed by atoms with van der Waals surface area (Å²) in [6.07, 6.45) is 1.77. The highest BCUT2D eigenvalue weighted by Crippen LogP contribution is 2.13. The summed E-state index contributed by atoms with van der Waals surface area (Å²) in [5.74, 6) is 0.843. The third-order valence-electron chi connectivity index (χ3n) is 3.15. The molecule has 0 saturated heterocycles. The minimum absolute atomic E-state index is 0.199. The quantitative estimate of drug-likeness (QED) is 0.891. The average Bonchev–Trinajstić information content (AvgIpc) is 2.94. The molecule has 0 aliphatic rings. The SMILES string of the molecule is CCN(CC)c1ccc(CNC(=O)c2ccc(Cl)o2)cn1. The zero-order valence-corrected chi connectivity index (χ0v) is 12.9. The van der Waals surface area contributed by atoms with Crippen LogP contribution in [-0.4, -0.2) is 24.0 Å². The molecule has 1 N–H and O–H groups in total. The Balaban J connectivity index is 1.93. The molecule has 2 heterocycles. The number of anilines is 1. The predicted octanol–water partition coefficient (Wildman–Crippen LogP) is 3.10. The molecule has 21 heavy (non-hydrogen) atoms. The van der Waals surface area contributed by atoms with E-state index in [-0.39, 0.29) is 16.9 Å². The van der Waals surface area contributed by atoms with E-state index in [9.17, 15) is 4.79 Å². The van der Waals surface area contributed by atoms with Crippen molar-refractivity contribution in [2.75, 3.05) is 18.0 Å². The third kappa shape index (κ3) is 3.98. The number of halogens is 1. The van der Waals surface area contributed by atoms with E-state index in [1.54, 1.807) is 12.3 Å². The van der Waals surface area contributed by atoms with Crippen molar-refractivity contribution in [3.63, 3.8) is 0 Å². The maximum atomic E-state index is 11.8. The Kier molecular flexibility index (Phi) is 5.22. The fraction of sp³-hybridized carbons (Fsp3) is 0.333. The Labute approximate surface area is 128 Å². The highest BCUT2D eigenvalue weighted by atomic mass is 35.5. The monoisotopic (exact) mass is 307 g/mol. The molecule has 0 aliphatic heterocycles. The fourth-order valence-electron chi connectivity index (χ4n) is 1.96. The first-order valence-electron chi connectivity index (χ1n) is 6.87. The van der Waals surface area contributed by atoms with Gasteiger partial charge < -0.3 is 14.6 Å². The predicted molar refractivity (Wildman–Crippen MR) is 82.7 cm³/mol. The topological polar surface area (TPSA) is 58.4 Å². The van der Waals surface area contributed by atoms with Crippen molar-refractivity contribution < 1.29 is 9.21 Å². The Morgan fingerprint density at radius 3 is 2.57 bits per heavy atom. The molecule has 1 amide bonds. The van der Waals surface area contributed by atoms with E-state index in [2.05, 4.69) is 29.0 Å². The number of nitrogens with zero attached hydrogens (tertiary/aromatic N) is 2. The molecule has 0 aliphatic carbocycles. The van der Waals surface area contributed by atoms with E-state index < -0.39 is 0 Å². The van der Waals surface area contributed by atoms with Crippen molar-refractivity contribution in [2.24, 2.45) is 0 Å². The summed E-state index contributed by atoms with van der Waals surface area (Å²) >= 11 is 5.63. The van der Waals surface area contributed by atoms with Crippen LogP contribution in [0, 0.1) is 0 Å². The number of aromatic nitrogens is 1. The number of hydrogen-bond acceptors (Lipinski definition) is 4. The zero-order valence-electron chi connectivity index (χ0n) is 12.1. The number of carbonyl (C=O) groups excluding carboxylic acids is 1. The van der Waals surface area contributed by atoms with Gasteiger partial charge in [-0.25, -0.2) is 4.98 Å². The summed E-state index contributed by atoms with van der Waals surface area (Å²) in [4.78, 5) is 18.4. The van der Waals surface area contributed by atoms with Crippen molar-refractivity contribution in [2.45, 2.75) is 20.4 Å². The lowest BCUT2D eigenvalue weighted by Gasteiger charge is -2.19. The molecule has 0 atom stereocenters. The van der Waals surface area contributed by atoms with Gasteiger partial charge >= 0.3 is 0 Å². The first-order chi connectivity index (χ1) is 10.1. The second-order valence-corrected chi connectivity index (χ2v) is 4.86. The van der Waals surface area contributed by atoms with E-state index >= 15 is 0 Å². The zero-order chi connectivity index (χ0) is 15.2. The van der Waals surface area contributed by atoms with E-state index in [4.69, 9.17) is 16.0 Å². The molecule has 0 spiro atoms. The molecule has 0 aromatic carbocycles. The highest BCUT2D eigenvalue weighted by molar-refractivity contribution is 6.29. The van der Waals surface area contributed by atoms with Crippen LogP contribution in [0.3, 0.4) is 0 Å². The molecule has 0 saturated carbocycles. The van der Waals surface area contributed by atoms with E-state index in [1.807, 2.05) is 12.1 Å². The number of carbonyl (C=O) groups is 1. The van der Waals surface area contributed by atoms with Gasteiger partial charge in [0, 0.05) is 25.8 Å². The minimum atomic E-state index is -0.297. The van der Waals surface area contributed by atoms with Crippen molar-refractivity contribution in [3.8, 4) is 0 Å². The molecule has 2 aromatic rings. The molecule has 6 heteroatoms. The van der Waals surface area contributed by atoms with E-state index in [0.717, 1.165) is 24.5 Å². The Morgan fingerprint density at radius 2 is 2.05 bits per heavy atom. The first kappa shape index (κ1) is 15.4. The van der Waals surface area contributed by atoms with Crippen molar-refractivity contribution in [3.05, 3.63) is 47.0 Å². The van der Waals surface area contributed by atoms with Gasteiger partial charge in [-0.3, -0.25) is 4.79 Å². The van der Waals surface area contributed by atoms with Gasteiger partial charge in [-0.15, -0.1) is 0 Å². The fourth-order valence-corrected chi connectivity index (χ4v) is 2.11. The number of amides is 1. The van der Waals surface area contributed by atoms with Crippen molar-refractivity contribution >= 4 is 23.3 Å². The van der Waals surface area contributed by atoms with Crippen molar-refractivity contribution in [1.29, 1.82) is 0 Å². The Morgan fingerprint density at radius 1 is 1.29 bits per heavy atom. The van der Waals surface area contributed by atoms with Crippen LogP contribution in [0.25, 0.3) is 0 Å². The lowest BCUT2D eigenvalue weighted by Crippen LogP contribution is -2.24. The normalized spacial score (nSPS) is 10.4. The second-order valence-electron chi connectivity index (χ2n) is 4.48. The van der Waals surface area contributed by atoms with Crippen LogP contribution in [-0.2, 0) is 6.54 Å². The number of rotatable bonds is 6. The second kappa shape index (κ2) is 7.13. The summed E-state index contributed by atoms with van der Waals surface area (Å²) in [7, 11) is 0. The van der Waals surface area contributed by atoms with Gasteiger partial charge in [0.1, 0.15) is 5.82 Å². The van der Waals surface area contributed by atoms with Crippen LogP contribution in [0.1, 0.15) is 30.0 Å². The standard InChI is InChI=1S/C15H18ClN3O2/c1-3-19(4-2)14-8-5-11(9-17-14)10-18-15(20)12-6-7-13(16)21-12/h5-9H,3-4,10H2,1-2H3,(H,18,20). The van der Waals surface area contributed by atoms with Crippen LogP contribution >= 0.6 is 11.6 Å². The molecule has 0 fully saturated rings. The summed E-state index contributed by atoms with van der Waals surface area (Å²) in [6.45, 7) is 6.40. The third-order valence-corrected chi connectivity index (χ3v) is 3.35. The highest BCUT2D eigenvalue weighted by Gasteiger charge is 2.10. The number of furan rings is 1. The van der Waals surface area contributed by atoms with Gasteiger partial charge in [0.15, 0.2) is 11.0 Å². The van der Waals surface area contributed by atoms with Crippen LogP contribution in [0.2, 0.25) is 5.22 Å². The van der Waals surface area contributed by atoms with Gasteiger partial charge in [0.25, 0.3) is 5.91 Å². The summed E-state index contributed by atoms with van der Waals surface area (Å²) in [5.41, 5.74) is 0.928. The van der Waals surface area contributed by atoms with Crippen LogP contribution < -0.4 is 10.2 Å². The molecule has 5 nitrogen and oxygen atoms in total. The van der Waals surface area contributed by atoms with Crippen molar-refractivity contribution in [1.82, 2.24) is 10.3 Å². The van der Waals surface area contributed by atoms with E-state index in [1.165, 1.54) is 6.07 Å². The van der Waals surface area contributed by atoms with Crippen LogP contribution in [0.5, 0.6) is 0 Å². The number of pyridine rings is 1. The first-order valence-corrected chi connectivity index (χ1v) is 7.25. The molecule has 112 valence electrons. The summed E-state index contributed by atoms with van der Waals surface area (Å²) in [5, 5.41) is 2.96.